The maximum absolute atomic E-state index is 5.81. The van der Waals surface area contributed by atoms with E-state index in [-0.39, 0.29) is 0 Å². The second-order valence-electron chi connectivity index (χ2n) is 3.78. The van der Waals surface area contributed by atoms with E-state index in [1.807, 2.05) is 12.1 Å². The van der Waals surface area contributed by atoms with Crippen molar-refractivity contribution in [1.29, 1.82) is 0 Å². The Hall–Kier alpha value is -1.39. The Labute approximate surface area is 107 Å². The van der Waals surface area contributed by atoms with E-state index >= 15 is 0 Å². The molecule has 0 aliphatic rings. The van der Waals surface area contributed by atoms with E-state index < -0.39 is 0 Å². The number of benzene rings is 1. The highest BCUT2D eigenvalue weighted by molar-refractivity contribution is 7.12. The van der Waals surface area contributed by atoms with Gasteiger partial charge < -0.3 is 4.98 Å². The number of aromatic nitrogens is 3. The summed E-state index contributed by atoms with van der Waals surface area (Å²) >= 11 is 7.46. The van der Waals surface area contributed by atoms with Gasteiger partial charge in [0, 0.05) is 10.4 Å². The summed E-state index contributed by atoms with van der Waals surface area (Å²) in [4.78, 5) is 13.0. The van der Waals surface area contributed by atoms with Crippen molar-refractivity contribution in [1.82, 2.24) is 15.0 Å². The Bertz CT molecular complexity index is 671. The molecule has 0 atom stereocenters. The van der Waals surface area contributed by atoms with Crippen LogP contribution in [-0.4, -0.2) is 15.0 Å². The molecule has 0 saturated carbocycles. The number of halogens is 1. The summed E-state index contributed by atoms with van der Waals surface area (Å²) < 4.78 is 0. The summed E-state index contributed by atoms with van der Waals surface area (Å²) in [6.07, 6.45) is 1.70. The molecule has 0 spiro atoms. The molecule has 0 unspecified atom stereocenters. The normalized spacial score (nSPS) is 11.2. The second-order valence-corrected chi connectivity index (χ2v) is 5.34. The van der Waals surface area contributed by atoms with Crippen molar-refractivity contribution in [3.63, 3.8) is 0 Å². The molecular formula is C12H10ClN3S. The second kappa shape index (κ2) is 4.13. The standard InChI is InChI=1S/C12H10ClN3S/c1-7-12(16-11(5-13)17-7)8-2-3-9-10(4-8)15-6-14-9/h2-4,6H,5H2,1H3,(H,14,15). The first-order chi connectivity index (χ1) is 8.28. The van der Waals surface area contributed by atoms with E-state index in [0.717, 1.165) is 27.3 Å². The van der Waals surface area contributed by atoms with Gasteiger partial charge in [0.05, 0.1) is 28.9 Å². The Morgan fingerprint density at radius 1 is 1.41 bits per heavy atom. The highest BCUT2D eigenvalue weighted by Crippen LogP contribution is 2.29. The first-order valence-electron chi connectivity index (χ1n) is 5.23. The predicted molar refractivity (Wildman–Crippen MR) is 71.5 cm³/mol. The molecule has 0 aliphatic heterocycles. The van der Waals surface area contributed by atoms with Gasteiger partial charge in [0.15, 0.2) is 0 Å². The summed E-state index contributed by atoms with van der Waals surface area (Å²) in [7, 11) is 0. The molecule has 0 radical (unpaired) electrons. The molecule has 3 aromatic rings. The zero-order chi connectivity index (χ0) is 11.8. The molecule has 0 fully saturated rings. The van der Waals surface area contributed by atoms with Crippen LogP contribution in [0.15, 0.2) is 24.5 Å². The lowest BCUT2D eigenvalue weighted by Gasteiger charge is -1.98. The number of nitrogens with zero attached hydrogens (tertiary/aromatic N) is 2. The number of fused-ring (bicyclic) bond motifs is 1. The molecule has 0 aliphatic carbocycles. The third-order valence-corrected chi connectivity index (χ3v) is 4.03. The number of hydrogen-bond acceptors (Lipinski definition) is 3. The number of hydrogen-bond donors (Lipinski definition) is 1. The molecule has 5 heteroatoms. The molecule has 3 nitrogen and oxygen atoms in total. The molecule has 3 rings (SSSR count). The van der Waals surface area contributed by atoms with Crippen LogP contribution in [0.1, 0.15) is 9.88 Å². The van der Waals surface area contributed by atoms with Gasteiger partial charge in [-0.25, -0.2) is 9.97 Å². The Morgan fingerprint density at radius 3 is 3.06 bits per heavy atom. The van der Waals surface area contributed by atoms with Crippen LogP contribution in [0.3, 0.4) is 0 Å². The Kier molecular flexibility index (Phi) is 2.61. The lowest BCUT2D eigenvalue weighted by atomic mass is 10.1. The number of aryl methyl sites for hydroxylation is 1. The van der Waals surface area contributed by atoms with Crippen LogP contribution in [0.4, 0.5) is 0 Å². The summed E-state index contributed by atoms with van der Waals surface area (Å²) in [5.74, 6) is 0.470. The fourth-order valence-electron chi connectivity index (χ4n) is 1.86. The molecule has 0 amide bonds. The fraction of sp³-hybridized carbons (Fsp3) is 0.167. The van der Waals surface area contributed by atoms with Crippen LogP contribution in [0.5, 0.6) is 0 Å². The SMILES string of the molecule is Cc1sc(CCl)nc1-c1ccc2nc[nH]c2c1. The summed E-state index contributed by atoms with van der Waals surface area (Å²) in [6.45, 7) is 2.07. The Balaban J connectivity index is 2.15. The van der Waals surface area contributed by atoms with Crippen molar-refractivity contribution in [3.05, 3.63) is 34.4 Å². The molecule has 2 aromatic heterocycles. The van der Waals surface area contributed by atoms with Gasteiger partial charge in [0.25, 0.3) is 0 Å². The number of rotatable bonds is 2. The van der Waals surface area contributed by atoms with Gasteiger partial charge in [-0.2, -0.15) is 0 Å². The van der Waals surface area contributed by atoms with E-state index in [9.17, 15) is 0 Å². The van der Waals surface area contributed by atoms with Gasteiger partial charge in [-0.1, -0.05) is 6.07 Å². The maximum atomic E-state index is 5.81. The summed E-state index contributed by atoms with van der Waals surface area (Å²) in [5, 5.41) is 0.962. The van der Waals surface area contributed by atoms with Crippen molar-refractivity contribution < 1.29 is 0 Å². The van der Waals surface area contributed by atoms with E-state index in [1.165, 1.54) is 4.88 Å². The summed E-state index contributed by atoms with van der Waals surface area (Å²) in [5.41, 5.74) is 4.12. The monoisotopic (exact) mass is 263 g/mol. The molecule has 1 aromatic carbocycles. The number of imidazole rings is 1. The first-order valence-corrected chi connectivity index (χ1v) is 6.59. The third kappa shape index (κ3) is 1.83. The molecule has 1 N–H and O–H groups in total. The minimum Gasteiger partial charge on any atom is -0.345 e. The van der Waals surface area contributed by atoms with Crippen LogP contribution >= 0.6 is 22.9 Å². The lowest BCUT2D eigenvalue weighted by molar-refractivity contribution is 1.25. The zero-order valence-corrected chi connectivity index (χ0v) is 10.8. The number of alkyl halides is 1. The molecule has 17 heavy (non-hydrogen) atoms. The van der Waals surface area contributed by atoms with Gasteiger partial charge in [-0.15, -0.1) is 22.9 Å². The fourth-order valence-corrected chi connectivity index (χ4v) is 2.89. The van der Waals surface area contributed by atoms with Gasteiger partial charge >= 0.3 is 0 Å². The van der Waals surface area contributed by atoms with Gasteiger partial charge in [-0.3, -0.25) is 0 Å². The molecule has 86 valence electrons. The van der Waals surface area contributed by atoms with E-state index in [1.54, 1.807) is 17.7 Å². The minimum atomic E-state index is 0.470. The van der Waals surface area contributed by atoms with Crippen LogP contribution in [0, 0.1) is 6.92 Å². The number of H-pyrrole nitrogens is 1. The minimum absolute atomic E-state index is 0.470. The van der Waals surface area contributed by atoms with Crippen LogP contribution in [-0.2, 0) is 5.88 Å². The van der Waals surface area contributed by atoms with E-state index in [0.29, 0.717) is 5.88 Å². The molecule has 0 saturated heterocycles. The van der Waals surface area contributed by atoms with Crippen molar-refractivity contribution >= 4 is 34.0 Å². The molecule has 2 heterocycles. The number of nitrogens with one attached hydrogen (secondary N) is 1. The average molecular weight is 264 g/mol. The zero-order valence-electron chi connectivity index (χ0n) is 9.20. The maximum Gasteiger partial charge on any atom is 0.108 e. The highest BCUT2D eigenvalue weighted by Gasteiger charge is 2.10. The van der Waals surface area contributed by atoms with Crippen molar-refractivity contribution in [3.8, 4) is 11.3 Å². The van der Waals surface area contributed by atoms with Crippen molar-refractivity contribution in [2.75, 3.05) is 0 Å². The molecule has 0 bridgehead atoms. The van der Waals surface area contributed by atoms with Crippen LogP contribution < -0.4 is 0 Å². The largest absolute Gasteiger partial charge is 0.345 e. The van der Waals surface area contributed by atoms with E-state index in [4.69, 9.17) is 11.6 Å². The van der Waals surface area contributed by atoms with Crippen molar-refractivity contribution in [2.45, 2.75) is 12.8 Å². The predicted octanol–water partition coefficient (Wildman–Crippen LogP) is 3.73. The molecular weight excluding hydrogens is 254 g/mol. The smallest absolute Gasteiger partial charge is 0.108 e. The number of aromatic amines is 1. The third-order valence-electron chi connectivity index (χ3n) is 2.65. The van der Waals surface area contributed by atoms with Crippen molar-refractivity contribution in [2.24, 2.45) is 0 Å². The van der Waals surface area contributed by atoms with Gasteiger partial charge in [-0.05, 0) is 19.1 Å². The summed E-state index contributed by atoms with van der Waals surface area (Å²) in [6, 6.07) is 6.12. The van der Waals surface area contributed by atoms with Gasteiger partial charge in [0.2, 0.25) is 0 Å². The quantitative estimate of drug-likeness (QED) is 0.716. The average Bonchev–Trinajstić information content (AvgIpc) is 2.93. The Morgan fingerprint density at radius 2 is 2.29 bits per heavy atom. The first kappa shape index (κ1) is 10.7. The number of thiazole rings is 1. The van der Waals surface area contributed by atoms with E-state index in [2.05, 4.69) is 27.9 Å². The van der Waals surface area contributed by atoms with Gasteiger partial charge in [0.1, 0.15) is 5.01 Å². The lowest BCUT2D eigenvalue weighted by Crippen LogP contribution is -1.82. The topological polar surface area (TPSA) is 41.6 Å². The van der Waals surface area contributed by atoms with Crippen LogP contribution in [0.25, 0.3) is 22.3 Å². The van der Waals surface area contributed by atoms with Crippen LogP contribution in [0.2, 0.25) is 0 Å². The highest BCUT2D eigenvalue weighted by atomic mass is 35.5.